The van der Waals surface area contributed by atoms with Crippen LogP contribution in [0, 0.1) is 0 Å². The molecule has 1 aliphatic heterocycles. The van der Waals surface area contributed by atoms with Crippen molar-refractivity contribution in [3.63, 3.8) is 0 Å². The van der Waals surface area contributed by atoms with E-state index in [1.165, 1.54) is 12.1 Å². The lowest BCUT2D eigenvalue weighted by Crippen LogP contribution is -2.26. The molecule has 1 unspecified atom stereocenters. The average molecular weight is 398 g/mol. The molecule has 1 saturated heterocycles. The van der Waals surface area contributed by atoms with Crippen LogP contribution >= 0.6 is 0 Å². The first-order valence-electron chi connectivity index (χ1n) is 9.33. The number of nitrogens with one attached hydrogen (secondary N) is 2. The van der Waals surface area contributed by atoms with E-state index in [4.69, 9.17) is 14.2 Å². The van der Waals surface area contributed by atoms with Gasteiger partial charge in [0.15, 0.2) is 0 Å². The van der Waals surface area contributed by atoms with Crippen LogP contribution in [0.25, 0.3) is 0 Å². The maximum atomic E-state index is 12.4. The molecule has 29 heavy (non-hydrogen) atoms. The van der Waals surface area contributed by atoms with E-state index in [1.807, 2.05) is 0 Å². The van der Waals surface area contributed by atoms with Crippen LogP contribution < -0.4 is 15.4 Å². The Hall–Kier alpha value is -3.39. The molecule has 0 saturated carbocycles. The second-order valence-electron chi connectivity index (χ2n) is 6.33. The summed E-state index contributed by atoms with van der Waals surface area (Å²) in [4.78, 5) is 35.7. The van der Waals surface area contributed by atoms with E-state index in [-0.39, 0.29) is 24.2 Å². The molecule has 1 heterocycles. The highest BCUT2D eigenvalue weighted by atomic mass is 16.7. The molecule has 0 bridgehead atoms. The van der Waals surface area contributed by atoms with E-state index in [0.717, 1.165) is 12.8 Å². The molecule has 1 fully saturated rings. The van der Waals surface area contributed by atoms with Crippen LogP contribution in [0.2, 0.25) is 0 Å². The summed E-state index contributed by atoms with van der Waals surface area (Å²) < 4.78 is 15.0. The Balaban J connectivity index is 1.53. The summed E-state index contributed by atoms with van der Waals surface area (Å²) in [5.41, 5.74) is 1.61. The number of hydrogen-bond donors (Lipinski definition) is 2. The first kappa shape index (κ1) is 20.3. The molecular formula is C21H22N2O6. The zero-order chi connectivity index (χ0) is 20.6. The van der Waals surface area contributed by atoms with Crippen molar-refractivity contribution in [2.45, 2.75) is 25.9 Å². The summed E-state index contributed by atoms with van der Waals surface area (Å²) in [7, 11) is 0. The number of benzene rings is 2. The van der Waals surface area contributed by atoms with Gasteiger partial charge in [-0.2, -0.15) is 0 Å². The van der Waals surface area contributed by atoms with Crippen LogP contribution in [-0.4, -0.2) is 37.3 Å². The van der Waals surface area contributed by atoms with Crippen LogP contribution in [0.4, 0.5) is 16.2 Å². The number of carbonyl (C=O) groups is 3. The highest BCUT2D eigenvalue weighted by molar-refractivity contribution is 6.04. The van der Waals surface area contributed by atoms with Crippen molar-refractivity contribution in [3.05, 3.63) is 54.1 Å². The molecule has 0 aromatic heterocycles. The Bertz CT molecular complexity index is 858. The van der Waals surface area contributed by atoms with Crippen LogP contribution in [0.1, 0.15) is 30.1 Å². The molecule has 8 heteroatoms. The SMILES string of the molecule is CCOC(=O)Oc1ccc(C(=O)Nc2ccc(NC(=O)C3CCCO3)cc2)cc1. The summed E-state index contributed by atoms with van der Waals surface area (Å²) in [5.74, 6) is -0.195. The van der Waals surface area contributed by atoms with Crippen molar-refractivity contribution in [2.75, 3.05) is 23.8 Å². The third-order valence-electron chi connectivity index (χ3n) is 4.21. The number of rotatable bonds is 6. The van der Waals surface area contributed by atoms with Gasteiger partial charge in [-0.05, 0) is 68.3 Å². The Morgan fingerprint density at radius 1 is 1.00 bits per heavy atom. The van der Waals surface area contributed by atoms with Crippen molar-refractivity contribution in [2.24, 2.45) is 0 Å². The maximum Gasteiger partial charge on any atom is 0.513 e. The van der Waals surface area contributed by atoms with Gasteiger partial charge in [-0.3, -0.25) is 9.59 Å². The summed E-state index contributed by atoms with van der Waals surface area (Å²) in [6.07, 6.45) is 0.421. The highest BCUT2D eigenvalue weighted by Gasteiger charge is 2.23. The van der Waals surface area contributed by atoms with Crippen molar-refractivity contribution in [1.29, 1.82) is 0 Å². The van der Waals surface area contributed by atoms with Gasteiger partial charge in [0, 0.05) is 23.5 Å². The van der Waals surface area contributed by atoms with Crippen molar-refractivity contribution >= 4 is 29.3 Å². The second-order valence-corrected chi connectivity index (χ2v) is 6.33. The molecule has 8 nitrogen and oxygen atoms in total. The Morgan fingerprint density at radius 3 is 2.24 bits per heavy atom. The summed E-state index contributed by atoms with van der Waals surface area (Å²) in [5, 5.41) is 5.56. The first-order valence-corrected chi connectivity index (χ1v) is 9.33. The zero-order valence-electron chi connectivity index (χ0n) is 16.0. The van der Waals surface area contributed by atoms with Gasteiger partial charge in [0.25, 0.3) is 11.8 Å². The first-order chi connectivity index (χ1) is 14.0. The molecule has 0 radical (unpaired) electrons. The lowest BCUT2D eigenvalue weighted by molar-refractivity contribution is -0.124. The summed E-state index contributed by atoms with van der Waals surface area (Å²) in [6, 6.07) is 12.9. The molecule has 3 rings (SSSR count). The molecule has 2 amide bonds. The Labute approximate surface area is 168 Å². The van der Waals surface area contributed by atoms with Crippen molar-refractivity contribution < 1.29 is 28.6 Å². The fourth-order valence-corrected chi connectivity index (χ4v) is 2.77. The smallest absolute Gasteiger partial charge is 0.434 e. The Morgan fingerprint density at radius 2 is 1.66 bits per heavy atom. The van der Waals surface area contributed by atoms with Gasteiger partial charge in [0.2, 0.25) is 0 Å². The molecule has 1 aliphatic rings. The van der Waals surface area contributed by atoms with Crippen molar-refractivity contribution in [1.82, 2.24) is 0 Å². The second kappa shape index (κ2) is 9.70. The topological polar surface area (TPSA) is 103 Å². The van der Waals surface area contributed by atoms with Gasteiger partial charge < -0.3 is 24.8 Å². The normalized spacial score (nSPS) is 15.4. The predicted molar refractivity (Wildman–Crippen MR) is 106 cm³/mol. The minimum absolute atomic E-state index is 0.163. The van der Waals surface area contributed by atoms with Crippen LogP contribution in [0.3, 0.4) is 0 Å². The van der Waals surface area contributed by atoms with Gasteiger partial charge in [0.1, 0.15) is 11.9 Å². The lowest BCUT2D eigenvalue weighted by Gasteiger charge is -2.11. The molecule has 2 aromatic carbocycles. The monoisotopic (exact) mass is 398 g/mol. The molecular weight excluding hydrogens is 376 g/mol. The minimum Gasteiger partial charge on any atom is -0.434 e. The summed E-state index contributed by atoms with van der Waals surface area (Å²) in [6.45, 7) is 2.51. The van der Waals surface area contributed by atoms with Gasteiger partial charge in [-0.1, -0.05) is 0 Å². The van der Waals surface area contributed by atoms with Gasteiger partial charge in [0.05, 0.1) is 6.61 Å². The molecule has 152 valence electrons. The van der Waals surface area contributed by atoms with Gasteiger partial charge >= 0.3 is 6.16 Å². The fourth-order valence-electron chi connectivity index (χ4n) is 2.77. The Kier molecular flexibility index (Phi) is 6.80. The van der Waals surface area contributed by atoms with Crippen LogP contribution in [-0.2, 0) is 14.3 Å². The predicted octanol–water partition coefficient (Wildman–Crippen LogP) is 3.59. The van der Waals surface area contributed by atoms with Crippen LogP contribution in [0.15, 0.2) is 48.5 Å². The number of hydrogen-bond acceptors (Lipinski definition) is 6. The van der Waals surface area contributed by atoms with E-state index < -0.39 is 12.3 Å². The molecule has 2 N–H and O–H groups in total. The van der Waals surface area contributed by atoms with E-state index >= 15 is 0 Å². The van der Waals surface area contributed by atoms with Gasteiger partial charge in [-0.25, -0.2) is 4.79 Å². The van der Waals surface area contributed by atoms with Crippen molar-refractivity contribution in [3.8, 4) is 5.75 Å². The third-order valence-corrected chi connectivity index (χ3v) is 4.21. The number of ether oxygens (including phenoxy) is 3. The number of anilines is 2. The fraction of sp³-hybridized carbons (Fsp3) is 0.286. The van der Waals surface area contributed by atoms with Gasteiger partial charge in [-0.15, -0.1) is 0 Å². The molecule has 0 aliphatic carbocycles. The molecule has 0 spiro atoms. The largest absolute Gasteiger partial charge is 0.513 e. The third kappa shape index (κ3) is 5.79. The molecule has 1 atom stereocenters. The minimum atomic E-state index is -0.795. The average Bonchev–Trinajstić information content (AvgIpc) is 3.25. The molecule has 2 aromatic rings. The number of carbonyl (C=O) groups excluding carboxylic acids is 3. The van der Waals surface area contributed by atoms with Crippen LogP contribution in [0.5, 0.6) is 5.75 Å². The number of amides is 2. The quantitative estimate of drug-likeness (QED) is 0.569. The highest BCUT2D eigenvalue weighted by Crippen LogP contribution is 2.19. The summed E-state index contributed by atoms with van der Waals surface area (Å²) >= 11 is 0. The van der Waals surface area contributed by atoms with E-state index in [9.17, 15) is 14.4 Å². The maximum absolute atomic E-state index is 12.4. The standard InChI is InChI=1S/C21H22N2O6/c1-2-27-21(26)29-17-11-5-14(6-12-17)19(24)22-15-7-9-16(10-8-15)23-20(25)18-4-3-13-28-18/h5-12,18H,2-4,13H2,1H3,(H,22,24)(H,23,25). The van der Waals surface area contributed by atoms with E-state index in [0.29, 0.717) is 23.5 Å². The lowest BCUT2D eigenvalue weighted by atomic mass is 10.2. The van der Waals surface area contributed by atoms with E-state index in [2.05, 4.69) is 10.6 Å². The van der Waals surface area contributed by atoms with E-state index in [1.54, 1.807) is 43.3 Å². The zero-order valence-corrected chi connectivity index (χ0v) is 16.0.